The van der Waals surface area contributed by atoms with Crippen LogP contribution < -0.4 is 5.32 Å². The number of hydrogen-bond acceptors (Lipinski definition) is 5. The topological polar surface area (TPSA) is 84.9 Å². The number of nitrogens with one attached hydrogen (secondary N) is 1. The van der Waals surface area contributed by atoms with Gasteiger partial charge in [0.15, 0.2) is 0 Å². The molecule has 30 heavy (non-hydrogen) atoms. The van der Waals surface area contributed by atoms with Crippen LogP contribution in [0.5, 0.6) is 0 Å². The van der Waals surface area contributed by atoms with Crippen LogP contribution >= 0.6 is 0 Å². The standard InChI is InChI=1S/C23H24N2O5/c1-2-29-23(28)15-8-10-17(11-9-15)24-21(26)19-7-3-5-16-13-25(22(27)20(16)19)14-18-6-4-12-30-18/h3,5,7-11,18H,2,4,6,12-14H2,1H3,(H,24,26)/t18-/m1/s1. The van der Waals surface area contributed by atoms with Crippen LogP contribution in [0.25, 0.3) is 0 Å². The number of benzene rings is 2. The van der Waals surface area contributed by atoms with Crippen molar-refractivity contribution in [3.8, 4) is 0 Å². The number of carbonyl (C=O) groups excluding carboxylic acids is 3. The van der Waals surface area contributed by atoms with Crippen LogP contribution in [0.2, 0.25) is 0 Å². The molecule has 7 heteroatoms. The predicted molar refractivity (Wildman–Crippen MR) is 111 cm³/mol. The van der Waals surface area contributed by atoms with E-state index in [1.54, 1.807) is 48.2 Å². The predicted octanol–water partition coefficient (Wildman–Crippen LogP) is 3.25. The van der Waals surface area contributed by atoms with Crippen molar-refractivity contribution in [2.45, 2.75) is 32.4 Å². The molecular weight excluding hydrogens is 384 g/mol. The van der Waals surface area contributed by atoms with Gasteiger partial charge < -0.3 is 19.7 Å². The minimum absolute atomic E-state index is 0.0680. The molecule has 1 atom stereocenters. The van der Waals surface area contributed by atoms with Crippen molar-refractivity contribution in [1.29, 1.82) is 0 Å². The van der Waals surface area contributed by atoms with Crippen molar-refractivity contribution in [2.24, 2.45) is 0 Å². The molecule has 0 radical (unpaired) electrons. The van der Waals surface area contributed by atoms with E-state index in [1.165, 1.54) is 0 Å². The Morgan fingerprint density at radius 2 is 2.00 bits per heavy atom. The zero-order valence-electron chi connectivity index (χ0n) is 16.8. The first-order chi connectivity index (χ1) is 14.6. The summed E-state index contributed by atoms with van der Waals surface area (Å²) < 4.78 is 10.6. The first kappa shape index (κ1) is 20.1. The fourth-order valence-corrected chi connectivity index (χ4v) is 3.89. The van der Waals surface area contributed by atoms with Crippen molar-refractivity contribution in [2.75, 3.05) is 25.1 Å². The van der Waals surface area contributed by atoms with Gasteiger partial charge in [0.05, 0.1) is 29.4 Å². The minimum Gasteiger partial charge on any atom is -0.462 e. The van der Waals surface area contributed by atoms with Gasteiger partial charge in [-0.1, -0.05) is 12.1 Å². The molecule has 0 spiro atoms. The van der Waals surface area contributed by atoms with Crippen LogP contribution in [0.1, 0.15) is 56.4 Å². The third-order valence-electron chi connectivity index (χ3n) is 5.36. The molecular formula is C23H24N2O5. The summed E-state index contributed by atoms with van der Waals surface area (Å²) in [6, 6.07) is 11.8. The number of carbonyl (C=O) groups is 3. The number of hydrogen-bond donors (Lipinski definition) is 1. The zero-order chi connectivity index (χ0) is 21.1. The first-order valence-electron chi connectivity index (χ1n) is 10.2. The maximum Gasteiger partial charge on any atom is 0.338 e. The monoisotopic (exact) mass is 408 g/mol. The highest BCUT2D eigenvalue weighted by molar-refractivity contribution is 6.13. The summed E-state index contributed by atoms with van der Waals surface area (Å²) in [5.74, 6) is -0.903. The van der Waals surface area contributed by atoms with Crippen LogP contribution in [0.15, 0.2) is 42.5 Å². The van der Waals surface area contributed by atoms with Gasteiger partial charge in [-0.15, -0.1) is 0 Å². The number of fused-ring (bicyclic) bond motifs is 1. The second kappa shape index (κ2) is 8.67. The average Bonchev–Trinajstić information content (AvgIpc) is 3.37. The summed E-state index contributed by atoms with van der Waals surface area (Å²) in [4.78, 5) is 39.4. The van der Waals surface area contributed by atoms with Crippen LogP contribution in [0, 0.1) is 0 Å². The molecule has 1 fully saturated rings. The Morgan fingerprint density at radius 3 is 2.70 bits per heavy atom. The lowest BCUT2D eigenvalue weighted by Gasteiger charge is -2.19. The summed E-state index contributed by atoms with van der Waals surface area (Å²) in [7, 11) is 0. The highest BCUT2D eigenvalue weighted by Gasteiger charge is 2.33. The van der Waals surface area contributed by atoms with Crippen LogP contribution in [0.4, 0.5) is 5.69 Å². The summed E-state index contributed by atoms with van der Waals surface area (Å²) in [5, 5.41) is 2.81. The molecule has 0 saturated carbocycles. The lowest BCUT2D eigenvalue weighted by atomic mass is 10.0. The number of rotatable bonds is 6. The maximum absolute atomic E-state index is 13.0. The Labute approximate surface area is 175 Å². The summed E-state index contributed by atoms with van der Waals surface area (Å²) in [6.07, 6.45) is 2.04. The fraction of sp³-hybridized carbons (Fsp3) is 0.348. The molecule has 2 aromatic rings. The highest BCUT2D eigenvalue weighted by atomic mass is 16.5. The molecule has 2 amide bonds. The van der Waals surface area contributed by atoms with E-state index in [-0.39, 0.29) is 17.9 Å². The van der Waals surface area contributed by atoms with E-state index in [9.17, 15) is 14.4 Å². The molecule has 156 valence electrons. The molecule has 0 aromatic heterocycles. The normalized spacial score (nSPS) is 17.7. The van der Waals surface area contributed by atoms with Gasteiger partial charge in [-0.3, -0.25) is 9.59 Å². The van der Waals surface area contributed by atoms with E-state index < -0.39 is 5.97 Å². The van der Waals surface area contributed by atoms with Crippen LogP contribution in [0.3, 0.4) is 0 Å². The number of ether oxygens (including phenoxy) is 2. The SMILES string of the molecule is CCOC(=O)c1ccc(NC(=O)c2cccc3c2C(=O)N(C[C@H]2CCCO2)C3)cc1. The molecule has 2 heterocycles. The van der Waals surface area contributed by atoms with Gasteiger partial charge in [0, 0.05) is 25.4 Å². The van der Waals surface area contributed by atoms with Crippen molar-refractivity contribution in [3.63, 3.8) is 0 Å². The first-order valence-corrected chi connectivity index (χ1v) is 10.2. The Morgan fingerprint density at radius 1 is 1.20 bits per heavy atom. The van der Waals surface area contributed by atoms with Gasteiger partial charge >= 0.3 is 5.97 Å². The van der Waals surface area contributed by atoms with Gasteiger partial charge in [0.2, 0.25) is 0 Å². The second-order valence-electron chi connectivity index (χ2n) is 7.41. The number of anilines is 1. The van der Waals surface area contributed by atoms with E-state index in [1.807, 2.05) is 6.07 Å². The van der Waals surface area contributed by atoms with Crippen molar-refractivity contribution < 1.29 is 23.9 Å². The molecule has 2 aromatic carbocycles. The van der Waals surface area contributed by atoms with E-state index in [0.29, 0.717) is 42.1 Å². The Hall–Kier alpha value is -3.19. The summed E-state index contributed by atoms with van der Waals surface area (Å²) in [5.41, 5.74) is 2.60. The molecule has 2 aliphatic heterocycles. The minimum atomic E-state index is -0.409. The van der Waals surface area contributed by atoms with Gasteiger partial charge in [-0.05, 0) is 55.7 Å². The maximum atomic E-state index is 13.0. The van der Waals surface area contributed by atoms with Crippen molar-refractivity contribution in [1.82, 2.24) is 4.90 Å². The third-order valence-corrected chi connectivity index (χ3v) is 5.36. The Bertz CT molecular complexity index is 964. The van der Waals surface area contributed by atoms with E-state index in [2.05, 4.69) is 5.32 Å². The number of nitrogens with zero attached hydrogens (tertiary/aromatic N) is 1. The quantitative estimate of drug-likeness (QED) is 0.742. The molecule has 4 rings (SSSR count). The van der Waals surface area contributed by atoms with E-state index >= 15 is 0 Å². The van der Waals surface area contributed by atoms with Gasteiger partial charge in [-0.2, -0.15) is 0 Å². The molecule has 0 bridgehead atoms. The molecule has 7 nitrogen and oxygen atoms in total. The average molecular weight is 408 g/mol. The van der Waals surface area contributed by atoms with Crippen molar-refractivity contribution in [3.05, 3.63) is 64.7 Å². The zero-order valence-corrected chi connectivity index (χ0v) is 16.8. The molecule has 2 aliphatic rings. The van der Waals surface area contributed by atoms with Crippen molar-refractivity contribution >= 4 is 23.5 Å². The number of amides is 2. The summed E-state index contributed by atoms with van der Waals surface area (Å²) in [6.45, 7) is 3.82. The van der Waals surface area contributed by atoms with E-state index in [0.717, 1.165) is 25.0 Å². The van der Waals surface area contributed by atoms with Crippen LogP contribution in [-0.2, 0) is 16.0 Å². The third kappa shape index (κ3) is 4.07. The molecule has 1 N–H and O–H groups in total. The lowest BCUT2D eigenvalue weighted by molar-refractivity contribution is 0.0525. The van der Waals surface area contributed by atoms with Gasteiger partial charge in [0.1, 0.15) is 0 Å². The molecule has 1 saturated heterocycles. The smallest absolute Gasteiger partial charge is 0.338 e. The summed E-state index contributed by atoms with van der Waals surface area (Å²) >= 11 is 0. The largest absolute Gasteiger partial charge is 0.462 e. The lowest BCUT2D eigenvalue weighted by Crippen LogP contribution is -2.32. The van der Waals surface area contributed by atoms with E-state index in [4.69, 9.17) is 9.47 Å². The second-order valence-corrected chi connectivity index (χ2v) is 7.41. The fourth-order valence-electron chi connectivity index (χ4n) is 3.89. The molecule has 0 unspecified atom stereocenters. The van der Waals surface area contributed by atoms with Crippen LogP contribution in [-0.4, -0.2) is 48.5 Å². The Balaban J connectivity index is 1.48. The van der Waals surface area contributed by atoms with Gasteiger partial charge in [-0.25, -0.2) is 4.79 Å². The van der Waals surface area contributed by atoms with Gasteiger partial charge in [0.25, 0.3) is 11.8 Å². The Kier molecular flexibility index (Phi) is 5.81. The molecule has 0 aliphatic carbocycles. The highest BCUT2D eigenvalue weighted by Crippen LogP contribution is 2.28. The number of esters is 1.